The summed E-state index contributed by atoms with van der Waals surface area (Å²) in [6.07, 6.45) is -2.79. The topological polar surface area (TPSA) is 98.0 Å². The maximum absolute atomic E-state index is 11.2. The molecule has 1 aromatic heterocycles. The molecular weight excluding hydrogens is 256 g/mol. The van der Waals surface area contributed by atoms with Crippen LogP contribution in [-0.2, 0) is 10.4 Å². The van der Waals surface area contributed by atoms with Gasteiger partial charge in [0.25, 0.3) is 0 Å². The minimum Gasteiger partial charge on any atom is -0.479 e. The lowest BCUT2D eigenvalue weighted by atomic mass is 9.80. The number of hydrogen-bond acceptors (Lipinski definition) is 5. The molecule has 0 spiro atoms. The Morgan fingerprint density at radius 2 is 2.11 bits per heavy atom. The van der Waals surface area contributed by atoms with Gasteiger partial charge in [0.15, 0.2) is 5.60 Å². The number of carbonyl (C=O) groups is 1. The number of hydrogen-bond donors (Lipinski definition) is 4. The van der Waals surface area contributed by atoms with Crippen molar-refractivity contribution >= 4 is 17.3 Å². The van der Waals surface area contributed by atoms with Crippen LogP contribution in [0, 0.1) is 0 Å². The molecule has 0 aromatic carbocycles. The third-order valence-electron chi connectivity index (χ3n) is 3.29. The molecule has 4 N–H and O–H groups in total. The summed E-state index contributed by atoms with van der Waals surface area (Å²) in [5, 5.41) is 39.0. The van der Waals surface area contributed by atoms with E-state index in [1.807, 2.05) is 13.8 Å². The van der Waals surface area contributed by atoms with Crippen LogP contribution in [0.1, 0.15) is 47.6 Å². The second-order valence-corrected chi connectivity index (χ2v) is 6.08. The molecule has 3 atom stereocenters. The van der Waals surface area contributed by atoms with Crippen molar-refractivity contribution in [1.29, 1.82) is 0 Å². The van der Waals surface area contributed by atoms with Crippen LogP contribution >= 0.6 is 11.3 Å². The molecular formula is C12H16O5S. The van der Waals surface area contributed by atoms with Crippen LogP contribution in [0.5, 0.6) is 0 Å². The zero-order chi connectivity index (χ0) is 13.7. The van der Waals surface area contributed by atoms with Gasteiger partial charge in [-0.05, 0) is 12.0 Å². The Balaban J connectivity index is 2.60. The molecule has 0 radical (unpaired) electrons. The first-order valence-electron chi connectivity index (χ1n) is 5.73. The lowest BCUT2D eigenvalue weighted by Gasteiger charge is -2.34. The first kappa shape index (κ1) is 13.5. The molecule has 1 heterocycles. The van der Waals surface area contributed by atoms with E-state index >= 15 is 0 Å². The maximum Gasteiger partial charge on any atom is 0.340 e. The number of aliphatic carboxylic acids is 1. The molecule has 0 bridgehead atoms. The van der Waals surface area contributed by atoms with Crippen LogP contribution in [0.15, 0.2) is 6.07 Å². The largest absolute Gasteiger partial charge is 0.479 e. The van der Waals surface area contributed by atoms with Gasteiger partial charge in [0.2, 0.25) is 0 Å². The number of thiophene rings is 1. The molecule has 6 heteroatoms. The van der Waals surface area contributed by atoms with Crippen LogP contribution in [0.25, 0.3) is 0 Å². The second kappa shape index (κ2) is 4.31. The van der Waals surface area contributed by atoms with Gasteiger partial charge in [-0.2, -0.15) is 0 Å². The Kier molecular flexibility index (Phi) is 3.23. The van der Waals surface area contributed by atoms with E-state index in [2.05, 4.69) is 0 Å². The molecule has 0 fully saturated rings. The summed E-state index contributed by atoms with van der Waals surface area (Å²) in [5.41, 5.74) is -1.90. The fraction of sp³-hybridized carbons (Fsp3) is 0.583. The number of aliphatic hydroxyl groups is 3. The first-order chi connectivity index (χ1) is 8.27. The van der Waals surface area contributed by atoms with Crippen LogP contribution in [-0.4, -0.2) is 32.5 Å². The average Bonchev–Trinajstić information content (AvgIpc) is 2.71. The minimum absolute atomic E-state index is 0.169. The van der Waals surface area contributed by atoms with Crippen molar-refractivity contribution in [3.05, 3.63) is 21.4 Å². The molecule has 1 aliphatic carbocycles. The molecule has 1 aromatic rings. The zero-order valence-corrected chi connectivity index (χ0v) is 10.9. The molecule has 5 nitrogen and oxygen atoms in total. The highest BCUT2D eigenvalue weighted by Gasteiger charge is 2.49. The van der Waals surface area contributed by atoms with Gasteiger partial charge in [0.1, 0.15) is 6.10 Å². The first-order valence-corrected chi connectivity index (χ1v) is 6.55. The molecule has 18 heavy (non-hydrogen) atoms. The van der Waals surface area contributed by atoms with E-state index in [1.54, 1.807) is 6.07 Å². The molecule has 0 amide bonds. The van der Waals surface area contributed by atoms with Crippen LogP contribution in [0.4, 0.5) is 0 Å². The predicted molar refractivity (Wildman–Crippen MR) is 65.5 cm³/mol. The van der Waals surface area contributed by atoms with Gasteiger partial charge < -0.3 is 20.4 Å². The molecule has 0 unspecified atom stereocenters. The highest BCUT2D eigenvalue weighted by atomic mass is 32.1. The fourth-order valence-electron chi connectivity index (χ4n) is 2.15. The number of rotatable bonds is 2. The summed E-state index contributed by atoms with van der Waals surface area (Å²) in [5.74, 6) is -1.23. The number of carboxylic acid groups (broad SMARTS) is 1. The molecule has 100 valence electrons. The van der Waals surface area contributed by atoms with E-state index in [9.17, 15) is 20.1 Å². The van der Waals surface area contributed by atoms with Gasteiger partial charge in [-0.1, -0.05) is 13.8 Å². The van der Waals surface area contributed by atoms with Gasteiger partial charge in [0.05, 0.1) is 6.10 Å². The third kappa shape index (κ3) is 1.85. The Hall–Kier alpha value is -0.950. The van der Waals surface area contributed by atoms with Crippen molar-refractivity contribution in [3.63, 3.8) is 0 Å². The van der Waals surface area contributed by atoms with E-state index in [0.29, 0.717) is 4.88 Å². The van der Waals surface area contributed by atoms with E-state index < -0.39 is 30.2 Å². The Morgan fingerprint density at radius 3 is 2.61 bits per heavy atom. The fourth-order valence-corrected chi connectivity index (χ4v) is 3.44. The van der Waals surface area contributed by atoms with Gasteiger partial charge in [-0.3, -0.25) is 0 Å². The van der Waals surface area contributed by atoms with Gasteiger partial charge in [-0.15, -0.1) is 11.3 Å². The summed E-state index contributed by atoms with van der Waals surface area (Å²) in [4.78, 5) is 12.5. The smallest absolute Gasteiger partial charge is 0.340 e. The van der Waals surface area contributed by atoms with E-state index in [0.717, 1.165) is 4.88 Å². The highest BCUT2D eigenvalue weighted by Crippen LogP contribution is 2.46. The van der Waals surface area contributed by atoms with Crippen molar-refractivity contribution in [1.82, 2.24) is 0 Å². The SMILES string of the molecule is CC(C)c1cc2c(s1)[C@@H](O)[C@H](O)C[C@]2(O)C(=O)O. The molecule has 0 saturated heterocycles. The van der Waals surface area contributed by atoms with Gasteiger partial charge in [-0.25, -0.2) is 4.79 Å². The molecule has 2 rings (SSSR count). The summed E-state index contributed by atoms with van der Waals surface area (Å²) in [6.45, 7) is 3.89. The second-order valence-electron chi connectivity index (χ2n) is 4.96. The molecule has 0 saturated carbocycles. The van der Waals surface area contributed by atoms with E-state index in [4.69, 9.17) is 5.11 Å². The van der Waals surface area contributed by atoms with Crippen LogP contribution in [0.2, 0.25) is 0 Å². The zero-order valence-electron chi connectivity index (χ0n) is 10.1. The molecule has 1 aliphatic rings. The minimum atomic E-state index is -2.11. The number of carboxylic acids is 1. The summed E-state index contributed by atoms with van der Waals surface area (Å²) < 4.78 is 0. The lowest BCUT2D eigenvalue weighted by Crippen LogP contribution is -2.44. The third-order valence-corrected chi connectivity index (χ3v) is 4.79. The number of fused-ring (bicyclic) bond motifs is 1. The average molecular weight is 272 g/mol. The van der Waals surface area contributed by atoms with Crippen molar-refractivity contribution in [2.75, 3.05) is 0 Å². The lowest BCUT2D eigenvalue weighted by molar-refractivity contribution is -0.168. The summed E-state index contributed by atoms with van der Waals surface area (Å²) in [7, 11) is 0. The van der Waals surface area contributed by atoms with E-state index in [1.165, 1.54) is 11.3 Å². The standard InChI is InChI=1S/C12H16O5S/c1-5(2)8-3-6-10(18-8)9(14)7(13)4-12(6,17)11(15)16/h3,5,7,9,13-14,17H,4H2,1-2H3,(H,15,16)/t7-,9+,12-/m1/s1. The van der Waals surface area contributed by atoms with Crippen molar-refractivity contribution in [2.45, 2.75) is 44.0 Å². The van der Waals surface area contributed by atoms with Crippen molar-refractivity contribution < 1.29 is 25.2 Å². The monoisotopic (exact) mass is 272 g/mol. The quantitative estimate of drug-likeness (QED) is 0.642. The Labute approximate surface area is 108 Å². The predicted octanol–water partition coefficient (Wildman–Crippen LogP) is 0.942. The maximum atomic E-state index is 11.2. The Bertz CT molecular complexity index is 481. The summed E-state index contributed by atoms with van der Waals surface area (Å²) >= 11 is 1.24. The van der Waals surface area contributed by atoms with Crippen molar-refractivity contribution in [3.8, 4) is 0 Å². The van der Waals surface area contributed by atoms with Crippen LogP contribution in [0.3, 0.4) is 0 Å². The highest BCUT2D eigenvalue weighted by molar-refractivity contribution is 7.12. The molecule has 0 aliphatic heterocycles. The summed E-state index contributed by atoms with van der Waals surface area (Å²) in [6, 6.07) is 1.62. The van der Waals surface area contributed by atoms with Gasteiger partial charge >= 0.3 is 5.97 Å². The van der Waals surface area contributed by atoms with Crippen molar-refractivity contribution in [2.24, 2.45) is 0 Å². The normalized spacial score (nSPS) is 31.4. The van der Waals surface area contributed by atoms with Gasteiger partial charge in [0, 0.05) is 21.7 Å². The Morgan fingerprint density at radius 1 is 1.50 bits per heavy atom. The van der Waals surface area contributed by atoms with E-state index in [-0.39, 0.29) is 11.5 Å². The number of aliphatic hydroxyl groups excluding tert-OH is 2. The van der Waals surface area contributed by atoms with Crippen LogP contribution < -0.4 is 0 Å².